The lowest BCUT2D eigenvalue weighted by atomic mass is 10.1. The SMILES string of the molecule is COc1cc([NH+]([O-])O)cnc1OCCCC(C)C. The molecule has 2 N–H and O–H groups in total. The number of nitrogens with zero attached hydrogens (tertiary/aromatic N) is 1. The summed E-state index contributed by atoms with van der Waals surface area (Å²) in [5.74, 6) is 1.32. The van der Waals surface area contributed by atoms with Crippen LogP contribution >= 0.6 is 0 Å². The zero-order valence-electron chi connectivity index (χ0n) is 11.0. The van der Waals surface area contributed by atoms with Gasteiger partial charge in [-0.15, -0.1) is 0 Å². The number of aromatic nitrogens is 1. The number of rotatable bonds is 7. The lowest BCUT2D eigenvalue weighted by Gasteiger charge is -2.14. The summed E-state index contributed by atoms with van der Waals surface area (Å²) in [5, 5.41) is 18.6. The highest BCUT2D eigenvalue weighted by atomic mass is 16.8. The van der Waals surface area contributed by atoms with E-state index < -0.39 is 5.23 Å². The molecule has 0 aromatic carbocycles. The summed E-state index contributed by atoms with van der Waals surface area (Å²) in [7, 11) is 1.46. The molecule has 1 unspecified atom stereocenters. The normalized spacial score (nSPS) is 12.6. The summed E-state index contributed by atoms with van der Waals surface area (Å²) in [6.45, 7) is 4.86. The molecule has 1 rings (SSSR count). The van der Waals surface area contributed by atoms with Crippen molar-refractivity contribution in [1.82, 2.24) is 4.98 Å². The van der Waals surface area contributed by atoms with Gasteiger partial charge in [0.15, 0.2) is 11.4 Å². The average Bonchev–Trinajstić information content (AvgIpc) is 2.34. The van der Waals surface area contributed by atoms with E-state index in [1.165, 1.54) is 19.4 Å². The van der Waals surface area contributed by atoms with Crippen LogP contribution < -0.4 is 14.7 Å². The second-order valence-corrected chi connectivity index (χ2v) is 4.42. The molecule has 0 aliphatic carbocycles. The number of methoxy groups -OCH3 is 1. The van der Waals surface area contributed by atoms with Crippen LogP contribution in [0, 0.1) is 11.1 Å². The third kappa shape index (κ3) is 4.48. The second-order valence-electron chi connectivity index (χ2n) is 4.42. The minimum absolute atomic E-state index is 0.0846. The van der Waals surface area contributed by atoms with Crippen molar-refractivity contribution in [2.24, 2.45) is 5.92 Å². The lowest BCUT2D eigenvalue weighted by molar-refractivity contribution is -0.991. The summed E-state index contributed by atoms with van der Waals surface area (Å²) in [6, 6.07) is 1.41. The number of hydrogen-bond acceptors (Lipinski definition) is 5. The molecule has 0 aliphatic heterocycles. The van der Waals surface area contributed by atoms with Crippen LogP contribution in [0.2, 0.25) is 0 Å². The van der Waals surface area contributed by atoms with Crippen molar-refractivity contribution >= 4 is 5.69 Å². The highest BCUT2D eigenvalue weighted by Crippen LogP contribution is 2.26. The fraction of sp³-hybridized carbons (Fsp3) is 0.583. The van der Waals surface area contributed by atoms with Crippen LogP contribution in [0.15, 0.2) is 12.3 Å². The topological polar surface area (TPSA) is 79.1 Å². The van der Waals surface area contributed by atoms with Gasteiger partial charge >= 0.3 is 0 Å². The Hall–Kier alpha value is -1.37. The molecule has 0 saturated carbocycles. The Bertz CT molecular complexity index is 369. The van der Waals surface area contributed by atoms with Crippen LogP contribution in [-0.2, 0) is 0 Å². The van der Waals surface area contributed by atoms with E-state index in [0.29, 0.717) is 24.2 Å². The van der Waals surface area contributed by atoms with Crippen LogP contribution in [0.5, 0.6) is 11.6 Å². The van der Waals surface area contributed by atoms with Crippen molar-refractivity contribution in [2.75, 3.05) is 13.7 Å². The Labute approximate surface area is 107 Å². The first-order valence-electron chi connectivity index (χ1n) is 5.94. The molecule has 0 aliphatic rings. The summed E-state index contributed by atoms with van der Waals surface area (Å²) >= 11 is 0. The first-order valence-corrected chi connectivity index (χ1v) is 5.94. The van der Waals surface area contributed by atoms with E-state index in [0.717, 1.165) is 12.8 Å². The van der Waals surface area contributed by atoms with E-state index in [1.807, 2.05) is 0 Å². The van der Waals surface area contributed by atoms with Crippen LogP contribution in [0.3, 0.4) is 0 Å². The molecule has 0 radical (unpaired) electrons. The Morgan fingerprint density at radius 1 is 1.50 bits per heavy atom. The molecule has 1 heterocycles. The molecule has 6 heteroatoms. The van der Waals surface area contributed by atoms with Gasteiger partial charge in [0.1, 0.15) is 0 Å². The molecular weight excluding hydrogens is 236 g/mol. The van der Waals surface area contributed by atoms with Gasteiger partial charge in [-0.25, -0.2) is 10.2 Å². The maximum Gasteiger partial charge on any atom is 0.257 e. The molecule has 6 nitrogen and oxygen atoms in total. The quantitative estimate of drug-likeness (QED) is 0.568. The maximum absolute atomic E-state index is 10.8. The van der Waals surface area contributed by atoms with Gasteiger partial charge in [-0.1, -0.05) is 13.8 Å². The number of pyridine rings is 1. The predicted molar refractivity (Wildman–Crippen MR) is 66.1 cm³/mol. The van der Waals surface area contributed by atoms with Gasteiger partial charge in [-0.2, -0.15) is 5.23 Å². The van der Waals surface area contributed by atoms with Gasteiger partial charge in [-0.3, -0.25) is 0 Å². The molecule has 0 fully saturated rings. The molecule has 18 heavy (non-hydrogen) atoms. The second kappa shape index (κ2) is 7.15. The number of hydrogen-bond donors (Lipinski definition) is 2. The Kier molecular flexibility index (Phi) is 5.84. The average molecular weight is 256 g/mol. The van der Waals surface area contributed by atoms with E-state index in [-0.39, 0.29) is 5.69 Å². The van der Waals surface area contributed by atoms with E-state index in [1.54, 1.807) is 0 Å². The van der Waals surface area contributed by atoms with Crippen LogP contribution in [0.1, 0.15) is 26.7 Å². The Morgan fingerprint density at radius 2 is 2.22 bits per heavy atom. The molecule has 0 amide bonds. The highest BCUT2D eigenvalue weighted by Gasteiger charge is 2.11. The van der Waals surface area contributed by atoms with E-state index in [4.69, 9.17) is 14.7 Å². The number of quaternary nitrogens is 1. The predicted octanol–water partition coefficient (Wildman–Crippen LogP) is 1.31. The van der Waals surface area contributed by atoms with Crippen LogP contribution in [0.25, 0.3) is 0 Å². The van der Waals surface area contributed by atoms with E-state index >= 15 is 0 Å². The summed E-state index contributed by atoms with van der Waals surface area (Å²) in [4.78, 5) is 3.96. The minimum atomic E-state index is -1.04. The van der Waals surface area contributed by atoms with Crippen molar-refractivity contribution in [3.05, 3.63) is 17.5 Å². The van der Waals surface area contributed by atoms with Gasteiger partial charge < -0.3 is 14.7 Å². The highest BCUT2D eigenvalue weighted by molar-refractivity contribution is 5.42. The molecule has 1 atom stereocenters. The summed E-state index contributed by atoms with van der Waals surface area (Å²) < 4.78 is 10.5. The lowest BCUT2D eigenvalue weighted by Crippen LogP contribution is -2.99. The van der Waals surface area contributed by atoms with Crippen molar-refractivity contribution in [3.8, 4) is 11.6 Å². The largest absolute Gasteiger partial charge is 0.595 e. The Balaban J connectivity index is 2.59. The van der Waals surface area contributed by atoms with Gasteiger partial charge in [0.25, 0.3) is 5.88 Å². The van der Waals surface area contributed by atoms with Crippen molar-refractivity contribution in [3.63, 3.8) is 0 Å². The summed E-state index contributed by atoms with van der Waals surface area (Å²) in [6.07, 6.45) is 3.28. The molecular formula is C12H20N2O4. The van der Waals surface area contributed by atoms with E-state index in [2.05, 4.69) is 18.8 Å². The van der Waals surface area contributed by atoms with Gasteiger partial charge in [0.2, 0.25) is 0 Å². The first-order chi connectivity index (χ1) is 8.54. The number of nitrogens with one attached hydrogen (secondary N) is 1. The number of ether oxygens (including phenoxy) is 2. The minimum Gasteiger partial charge on any atom is -0.595 e. The van der Waals surface area contributed by atoms with Gasteiger partial charge in [0.05, 0.1) is 26.0 Å². The molecule has 0 spiro atoms. The smallest absolute Gasteiger partial charge is 0.257 e. The Morgan fingerprint density at radius 3 is 2.78 bits per heavy atom. The fourth-order valence-electron chi connectivity index (χ4n) is 1.46. The molecule has 102 valence electrons. The molecule has 1 aromatic heterocycles. The van der Waals surface area contributed by atoms with Crippen LogP contribution in [-0.4, -0.2) is 23.9 Å². The standard InChI is InChI=1S/C12H20N2O4/c1-9(2)5-4-6-18-12-11(17-3)7-10(8-13-12)14(15)16/h7-9,14-15H,4-6H2,1-3H3. The maximum atomic E-state index is 10.8. The monoisotopic (exact) mass is 256 g/mol. The fourth-order valence-corrected chi connectivity index (χ4v) is 1.46. The van der Waals surface area contributed by atoms with E-state index in [9.17, 15) is 5.21 Å². The molecule has 1 aromatic rings. The molecule has 0 bridgehead atoms. The molecule has 0 saturated heterocycles. The third-order valence-corrected chi connectivity index (χ3v) is 2.45. The van der Waals surface area contributed by atoms with Gasteiger partial charge in [0, 0.05) is 0 Å². The zero-order chi connectivity index (χ0) is 13.5. The van der Waals surface area contributed by atoms with Crippen molar-refractivity contribution in [2.45, 2.75) is 26.7 Å². The summed E-state index contributed by atoms with van der Waals surface area (Å²) in [5.41, 5.74) is 0.0846. The van der Waals surface area contributed by atoms with Crippen molar-refractivity contribution < 1.29 is 19.9 Å². The first kappa shape index (κ1) is 14.7. The van der Waals surface area contributed by atoms with Crippen molar-refractivity contribution in [1.29, 1.82) is 0 Å². The van der Waals surface area contributed by atoms with Crippen LogP contribution in [0.4, 0.5) is 5.69 Å². The zero-order valence-corrected chi connectivity index (χ0v) is 11.0. The van der Waals surface area contributed by atoms with Gasteiger partial charge in [-0.05, 0) is 18.8 Å². The third-order valence-electron chi connectivity index (χ3n) is 2.45.